The van der Waals surface area contributed by atoms with E-state index in [1.54, 1.807) is 12.1 Å². The lowest BCUT2D eigenvalue weighted by Crippen LogP contribution is -2.04. The van der Waals surface area contributed by atoms with Crippen molar-refractivity contribution in [1.29, 1.82) is 0 Å². The molecule has 0 saturated carbocycles. The van der Waals surface area contributed by atoms with E-state index >= 15 is 0 Å². The van der Waals surface area contributed by atoms with Gasteiger partial charge in [-0.3, -0.25) is 0 Å². The van der Waals surface area contributed by atoms with Crippen LogP contribution in [0.5, 0.6) is 5.75 Å². The molecule has 0 aliphatic heterocycles. The molecule has 0 bridgehead atoms. The number of ether oxygens (including phenoxy) is 1. The molecule has 0 aliphatic rings. The molecule has 0 amide bonds. The smallest absolute Gasteiger partial charge is 0.142 e. The molecular formula is C15H15ClFNO. The van der Waals surface area contributed by atoms with E-state index in [1.165, 1.54) is 6.07 Å². The summed E-state index contributed by atoms with van der Waals surface area (Å²) in [6, 6.07) is 10.5. The van der Waals surface area contributed by atoms with Crippen LogP contribution in [0.1, 0.15) is 16.7 Å². The maximum absolute atomic E-state index is 13.3. The second kappa shape index (κ2) is 6.04. The summed E-state index contributed by atoms with van der Waals surface area (Å²) in [4.78, 5) is 0. The summed E-state index contributed by atoms with van der Waals surface area (Å²) >= 11 is 5.89. The second-order valence-electron chi connectivity index (χ2n) is 4.27. The topological polar surface area (TPSA) is 35.2 Å². The second-order valence-corrected chi connectivity index (χ2v) is 4.65. The van der Waals surface area contributed by atoms with Crippen LogP contribution >= 0.6 is 11.6 Å². The van der Waals surface area contributed by atoms with Gasteiger partial charge in [0.25, 0.3) is 0 Å². The predicted molar refractivity (Wildman–Crippen MR) is 74.8 cm³/mol. The summed E-state index contributed by atoms with van der Waals surface area (Å²) in [5, 5.41) is 0.102. The summed E-state index contributed by atoms with van der Waals surface area (Å²) in [6.45, 7) is 2.56. The van der Waals surface area contributed by atoms with E-state index in [0.717, 1.165) is 16.9 Å². The maximum atomic E-state index is 13.3. The minimum absolute atomic E-state index is 0.102. The molecule has 2 aromatic rings. The highest BCUT2D eigenvalue weighted by Gasteiger charge is 2.09. The Morgan fingerprint density at radius 2 is 1.84 bits per heavy atom. The summed E-state index contributed by atoms with van der Waals surface area (Å²) in [6.07, 6.45) is 0. The van der Waals surface area contributed by atoms with Crippen LogP contribution in [0.4, 0.5) is 4.39 Å². The van der Waals surface area contributed by atoms with E-state index in [4.69, 9.17) is 22.1 Å². The number of aryl methyl sites for hydroxylation is 1. The van der Waals surface area contributed by atoms with Crippen molar-refractivity contribution in [2.24, 2.45) is 5.73 Å². The summed E-state index contributed by atoms with van der Waals surface area (Å²) in [5.74, 6) is 0.303. The lowest BCUT2D eigenvalue weighted by Gasteiger charge is -2.14. The highest BCUT2D eigenvalue weighted by molar-refractivity contribution is 6.31. The minimum atomic E-state index is -0.438. The van der Waals surface area contributed by atoms with Gasteiger partial charge in [-0.05, 0) is 18.6 Å². The first-order valence-electron chi connectivity index (χ1n) is 5.97. The van der Waals surface area contributed by atoms with Crippen molar-refractivity contribution < 1.29 is 9.13 Å². The maximum Gasteiger partial charge on any atom is 0.142 e. The number of rotatable bonds is 4. The van der Waals surface area contributed by atoms with E-state index in [0.29, 0.717) is 12.1 Å². The molecule has 2 nitrogen and oxygen atoms in total. The molecule has 0 aliphatic carbocycles. The molecule has 19 heavy (non-hydrogen) atoms. The SMILES string of the molecule is Cc1cccc(CN)c1OCc1cccc(F)c1Cl. The number of hydrogen-bond acceptors (Lipinski definition) is 2. The van der Waals surface area contributed by atoms with Crippen molar-refractivity contribution in [3.63, 3.8) is 0 Å². The zero-order valence-electron chi connectivity index (χ0n) is 10.6. The zero-order chi connectivity index (χ0) is 13.8. The summed E-state index contributed by atoms with van der Waals surface area (Å²) in [7, 11) is 0. The first-order valence-corrected chi connectivity index (χ1v) is 6.35. The van der Waals surface area contributed by atoms with Gasteiger partial charge in [0.15, 0.2) is 0 Å². The molecule has 0 aromatic heterocycles. The first kappa shape index (κ1) is 13.8. The molecule has 0 fully saturated rings. The van der Waals surface area contributed by atoms with E-state index in [-0.39, 0.29) is 11.6 Å². The Hall–Kier alpha value is -1.58. The lowest BCUT2D eigenvalue weighted by molar-refractivity contribution is 0.300. The van der Waals surface area contributed by atoms with Gasteiger partial charge in [0.05, 0.1) is 5.02 Å². The number of hydrogen-bond donors (Lipinski definition) is 1. The average Bonchev–Trinajstić information content (AvgIpc) is 2.41. The quantitative estimate of drug-likeness (QED) is 0.923. The van der Waals surface area contributed by atoms with E-state index < -0.39 is 5.82 Å². The summed E-state index contributed by atoms with van der Waals surface area (Å²) in [5.41, 5.74) is 8.21. The Kier molecular flexibility index (Phi) is 4.40. The molecule has 0 unspecified atom stereocenters. The Balaban J connectivity index is 2.21. The van der Waals surface area contributed by atoms with Crippen LogP contribution in [0.25, 0.3) is 0 Å². The highest BCUT2D eigenvalue weighted by Crippen LogP contribution is 2.26. The van der Waals surface area contributed by atoms with Crippen LogP contribution in [-0.2, 0) is 13.2 Å². The minimum Gasteiger partial charge on any atom is -0.488 e. The van der Waals surface area contributed by atoms with Crippen molar-refractivity contribution in [1.82, 2.24) is 0 Å². The van der Waals surface area contributed by atoms with E-state index in [1.807, 2.05) is 25.1 Å². The Bertz CT molecular complexity index is 586. The molecule has 2 N–H and O–H groups in total. The van der Waals surface area contributed by atoms with E-state index in [9.17, 15) is 4.39 Å². The first-order chi connectivity index (χ1) is 9.13. The standard InChI is InChI=1S/C15H15ClFNO/c1-10-4-2-5-11(8-18)15(10)19-9-12-6-3-7-13(17)14(12)16/h2-7H,8-9,18H2,1H3. The average molecular weight is 280 g/mol. The Morgan fingerprint density at radius 3 is 2.58 bits per heavy atom. The van der Waals surface area contributed by atoms with Gasteiger partial charge >= 0.3 is 0 Å². The van der Waals surface area contributed by atoms with Gasteiger partial charge in [0.1, 0.15) is 18.2 Å². The fourth-order valence-electron chi connectivity index (χ4n) is 1.89. The van der Waals surface area contributed by atoms with Crippen molar-refractivity contribution >= 4 is 11.6 Å². The van der Waals surface area contributed by atoms with Crippen LogP contribution < -0.4 is 10.5 Å². The van der Waals surface area contributed by atoms with Crippen LogP contribution in [0.15, 0.2) is 36.4 Å². The van der Waals surface area contributed by atoms with Gasteiger partial charge in [-0.1, -0.05) is 41.9 Å². The van der Waals surface area contributed by atoms with Gasteiger partial charge < -0.3 is 10.5 Å². The van der Waals surface area contributed by atoms with Crippen LogP contribution in [-0.4, -0.2) is 0 Å². The molecule has 0 saturated heterocycles. The van der Waals surface area contributed by atoms with Crippen LogP contribution in [0, 0.1) is 12.7 Å². The Labute approximate surface area is 117 Å². The molecule has 100 valence electrons. The third-order valence-electron chi connectivity index (χ3n) is 2.92. The number of halogens is 2. The normalized spacial score (nSPS) is 10.5. The molecule has 4 heteroatoms. The number of nitrogens with two attached hydrogens (primary N) is 1. The number of para-hydroxylation sites is 1. The highest BCUT2D eigenvalue weighted by atomic mass is 35.5. The largest absolute Gasteiger partial charge is 0.488 e. The van der Waals surface area contributed by atoms with Crippen molar-refractivity contribution in [2.75, 3.05) is 0 Å². The lowest BCUT2D eigenvalue weighted by atomic mass is 10.1. The fourth-order valence-corrected chi connectivity index (χ4v) is 2.07. The third kappa shape index (κ3) is 3.06. The van der Waals surface area contributed by atoms with Gasteiger partial charge in [-0.25, -0.2) is 4.39 Å². The fraction of sp³-hybridized carbons (Fsp3) is 0.200. The molecule has 0 spiro atoms. The molecule has 0 atom stereocenters. The van der Waals surface area contributed by atoms with Gasteiger partial charge in [-0.15, -0.1) is 0 Å². The molecule has 2 aromatic carbocycles. The molecular weight excluding hydrogens is 265 g/mol. The van der Waals surface area contributed by atoms with Gasteiger partial charge in [0.2, 0.25) is 0 Å². The summed E-state index contributed by atoms with van der Waals surface area (Å²) < 4.78 is 19.1. The van der Waals surface area contributed by atoms with Crippen molar-refractivity contribution in [3.8, 4) is 5.75 Å². The molecule has 0 radical (unpaired) electrons. The van der Waals surface area contributed by atoms with Crippen LogP contribution in [0.3, 0.4) is 0 Å². The van der Waals surface area contributed by atoms with Gasteiger partial charge in [0, 0.05) is 17.7 Å². The molecule has 2 rings (SSSR count). The van der Waals surface area contributed by atoms with Gasteiger partial charge in [-0.2, -0.15) is 0 Å². The van der Waals surface area contributed by atoms with Crippen molar-refractivity contribution in [3.05, 3.63) is 63.9 Å². The van der Waals surface area contributed by atoms with E-state index in [2.05, 4.69) is 0 Å². The predicted octanol–water partition coefficient (Wildman–Crippen LogP) is 3.83. The molecule has 0 heterocycles. The monoisotopic (exact) mass is 279 g/mol. The van der Waals surface area contributed by atoms with Crippen molar-refractivity contribution in [2.45, 2.75) is 20.1 Å². The third-order valence-corrected chi connectivity index (χ3v) is 3.34. The Morgan fingerprint density at radius 1 is 1.16 bits per heavy atom. The number of benzene rings is 2. The zero-order valence-corrected chi connectivity index (χ0v) is 11.4. The van der Waals surface area contributed by atoms with Crippen LogP contribution in [0.2, 0.25) is 5.02 Å².